The van der Waals surface area contributed by atoms with Crippen molar-refractivity contribution < 1.29 is 14.3 Å². The molecule has 174 valence electrons. The molecule has 0 spiro atoms. The second-order valence-electron chi connectivity index (χ2n) is 9.17. The van der Waals surface area contributed by atoms with Crippen molar-refractivity contribution in [3.05, 3.63) is 46.2 Å². The minimum absolute atomic E-state index is 0.0587. The van der Waals surface area contributed by atoms with Crippen LogP contribution in [0.15, 0.2) is 24.3 Å². The van der Waals surface area contributed by atoms with E-state index in [1.165, 1.54) is 0 Å². The summed E-state index contributed by atoms with van der Waals surface area (Å²) in [5.74, 6) is -0.156. The molecule has 1 saturated heterocycles. The van der Waals surface area contributed by atoms with Gasteiger partial charge in [-0.05, 0) is 50.2 Å². The maximum atomic E-state index is 13.9. The number of halogens is 1. The Kier molecular flexibility index (Phi) is 7.99. The van der Waals surface area contributed by atoms with Crippen LogP contribution >= 0.6 is 11.6 Å². The van der Waals surface area contributed by atoms with E-state index in [2.05, 4.69) is 27.7 Å². The van der Waals surface area contributed by atoms with Crippen LogP contribution in [0.5, 0.6) is 0 Å². The second kappa shape index (κ2) is 10.5. The predicted molar refractivity (Wildman–Crippen MR) is 126 cm³/mol. The van der Waals surface area contributed by atoms with Gasteiger partial charge >= 0.3 is 5.97 Å². The van der Waals surface area contributed by atoms with Gasteiger partial charge in [0.1, 0.15) is 0 Å². The zero-order chi connectivity index (χ0) is 23.4. The Labute approximate surface area is 195 Å². The van der Waals surface area contributed by atoms with Crippen molar-refractivity contribution in [3.8, 4) is 5.69 Å². The highest BCUT2D eigenvalue weighted by Crippen LogP contribution is 2.32. The fraction of sp³-hybridized carbons (Fsp3) is 0.560. The molecule has 1 amide bonds. The normalized spacial score (nSPS) is 16.6. The number of likely N-dealkylation sites (tertiary alicyclic amines) is 1. The third-order valence-corrected chi connectivity index (χ3v) is 6.08. The number of carbonyl (C=O) groups is 2. The number of hydrogen-bond donors (Lipinski definition) is 0. The number of carbonyl (C=O) groups excluding carboxylic acids is 2. The lowest BCUT2D eigenvalue weighted by molar-refractivity contribution is -0.149. The Morgan fingerprint density at radius 2 is 1.94 bits per heavy atom. The van der Waals surface area contributed by atoms with Crippen molar-refractivity contribution in [1.29, 1.82) is 0 Å². The molecule has 32 heavy (non-hydrogen) atoms. The number of amides is 1. The topological polar surface area (TPSA) is 64.4 Å². The SMILES string of the molecule is CCOC(=O)[C@H]1CCCN(C(=O)c2c(CC(C)C)nn(-c3ccccc3Cl)c2C(C)C)C1. The first kappa shape index (κ1) is 24.3. The molecule has 1 aromatic carbocycles. The highest BCUT2D eigenvalue weighted by atomic mass is 35.5. The molecule has 2 heterocycles. The van der Waals surface area contributed by atoms with Gasteiger partial charge in [-0.3, -0.25) is 9.59 Å². The molecule has 0 bridgehead atoms. The Balaban J connectivity index is 2.06. The molecule has 1 aliphatic rings. The first-order valence-corrected chi connectivity index (χ1v) is 11.9. The van der Waals surface area contributed by atoms with Gasteiger partial charge in [0, 0.05) is 13.1 Å². The fourth-order valence-electron chi connectivity index (χ4n) is 4.35. The molecule has 1 aliphatic heterocycles. The molecule has 1 atom stereocenters. The maximum absolute atomic E-state index is 13.9. The summed E-state index contributed by atoms with van der Waals surface area (Å²) in [6.07, 6.45) is 2.22. The third-order valence-electron chi connectivity index (χ3n) is 5.77. The van der Waals surface area contributed by atoms with E-state index in [9.17, 15) is 9.59 Å². The molecule has 6 nitrogen and oxygen atoms in total. The van der Waals surface area contributed by atoms with Gasteiger partial charge in [0.2, 0.25) is 0 Å². The minimum Gasteiger partial charge on any atom is -0.466 e. The van der Waals surface area contributed by atoms with Crippen LogP contribution in [-0.2, 0) is 16.0 Å². The molecule has 0 saturated carbocycles. The number of para-hydroxylation sites is 1. The first-order valence-electron chi connectivity index (χ1n) is 11.6. The second-order valence-corrected chi connectivity index (χ2v) is 9.57. The molecule has 2 aromatic rings. The molecular formula is C25H34ClN3O3. The van der Waals surface area contributed by atoms with Crippen molar-refractivity contribution >= 4 is 23.5 Å². The highest BCUT2D eigenvalue weighted by Gasteiger charge is 2.34. The number of ether oxygens (including phenoxy) is 1. The van der Waals surface area contributed by atoms with E-state index in [0.717, 1.165) is 29.9 Å². The van der Waals surface area contributed by atoms with Gasteiger partial charge in [0.25, 0.3) is 5.91 Å². The average Bonchev–Trinajstić information content (AvgIpc) is 3.12. The van der Waals surface area contributed by atoms with Gasteiger partial charge in [-0.1, -0.05) is 51.4 Å². The van der Waals surface area contributed by atoms with Crippen LogP contribution in [-0.4, -0.2) is 46.3 Å². The summed E-state index contributed by atoms with van der Waals surface area (Å²) >= 11 is 6.51. The van der Waals surface area contributed by atoms with Crippen LogP contribution in [0.25, 0.3) is 5.69 Å². The molecule has 0 N–H and O–H groups in total. The van der Waals surface area contributed by atoms with E-state index in [1.807, 2.05) is 28.9 Å². The Bertz CT molecular complexity index is 967. The lowest BCUT2D eigenvalue weighted by Gasteiger charge is -2.32. The van der Waals surface area contributed by atoms with Crippen molar-refractivity contribution in [3.63, 3.8) is 0 Å². The number of aromatic nitrogens is 2. The number of benzene rings is 1. The van der Waals surface area contributed by atoms with Crippen molar-refractivity contribution in [2.24, 2.45) is 11.8 Å². The average molecular weight is 460 g/mol. The van der Waals surface area contributed by atoms with Gasteiger partial charge in [-0.15, -0.1) is 0 Å². The molecule has 0 radical (unpaired) electrons. The Morgan fingerprint density at radius 3 is 2.56 bits per heavy atom. The van der Waals surface area contributed by atoms with Gasteiger partial charge in [0.15, 0.2) is 0 Å². The van der Waals surface area contributed by atoms with E-state index >= 15 is 0 Å². The number of esters is 1. The minimum atomic E-state index is -0.276. The zero-order valence-electron chi connectivity index (χ0n) is 19.7. The van der Waals surface area contributed by atoms with Crippen LogP contribution in [0.4, 0.5) is 0 Å². The van der Waals surface area contributed by atoms with Gasteiger partial charge < -0.3 is 9.64 Å². The van der Waals surface area contributed by atoms with Gasteiger partial charge in [0.05, 0.1) is 40.2 Å². The largest absolute Gasteiger partial charge is 0.466 e. The van der Waals surface area contributed by atoms with Gasteiger partial charge in [-0.25, -0.2) is 4.68 Å². The highest BCUT2D eigenvalue weighted by molar-refractivity contribution is 6.32. The molecule has 7 heteroatoms. The van der Waals surface area contributed by atoms with E-state index < -0.39 is 0 Å². The summed E-state index contributed by atoms with van der Waals surface area (Å²) in [6, 6.07) is 7.56. The van der Waals surface area contributed by atoms with Crippen LogP contribution < -0.4 is 0 Å². The molecular weight excluding hydrogens is 426 g/mol. The molecule has 1 aromatic heterocycles. The quantitative estimate of drug-likeness (QED) is 0.529. The molecule has 1 fully saturated rings. The van der Waals surface area contributed by atoms with E-state index in [0.29, 0.717) is 42.6 Å². The van der Waals surface area contributed by atoms with Crippen LogP contribution in [0.1, 0.15) is 75.1 Å². The van der Waals surface area contributed by atoms with Crippen molar-refractivity contribution in [2.45, 2.75) is 59.8 Å². The molecule has 0 aliphatic carbocycles. The van der Waals surface area contributed by atoms with Crippen LogP contribution in [0, 0.1) is 11.8 Å². The summed E-state index contributed by atoms with van der Waals surface area (Å²) in [6.45, 7) is 11.5. The van der Waals surface area contributed by atoms with Crippen molar-refractivity contribution in [2.75, 3.05) is 19.7 Å². The summed E-state index contributed by atoms with van der Waals surface area (Å²) < 4.78 is 7.06. The Hall–Kier alpha value is -2.34. The fourth-order valence-corrected chi connectivity index (χ4v) is 4.57. The first-order chi connectivity index (χ1) is 15.2. The van der Waals surface area contributed by atoms with Gasteiger partial charge in [-0.2, -0.15) is 5.10 Å². The summed E-state index contributed by atoms with van der Waals surface area (Å²) in [7, 11) is 0. The molecule has 3 rings (SSSR count). The number of piperidine rings is 1. The number of hydrogen-bond acceptors (Lipinski definition) is 4. The van der Waals surface area contributed by atoms with Crippen LogP contribution in [0.3, 0.4) is 0 Å². The maximum Gasteiger partial charge on any atom is 0.310 e. The summed E-state index contributed by atoms with van der Waals surface area (Å²) in [4.78, 5) is 28.0. The lowest BCUT2D eigenvalue weighted by Crippen LogP contribution is -2.43. The lowest BCUT2D eigenvalue weighted by atomic mass is 9.94. The number of nitrogens with zero attached hydrogens (tertiary/aromatic N) is 3. The summed E-state index contributed by atoms with van der Waals surface area (Å²) in [5, 5.41) is 5.49. The monoisotopic (exact) mass is 459 g/mol. The Morgan fingerprint density at radius 1 is 1.22 bits per heavy atom. The number of rotatable bonds is 7. The van der Waals surface area contributed by atoms with E-state index in [1.54, 1.807) is 11.8 Å². The standard InChI is InChI=1S/C25H34ClN3O3/c1-6-32-25(31)18-10-9-13-28(15-18)24(30)22-20(14-16(2)3)27-29(23(22)17(4)5)21-12-8-7-11-19(21)26/h7-8,11-12,16-18H,6,9-10,13-15H2,1-5H3/t18-/m0/s1. The molecule has 0 unspecified atom stereocenters. The predicted octanol–water partition coefficient (Wildman–Crippen LogP) is 5.26. The van der Waals surface area contributed by atoms with Crippen molar-refractivity contribution in [1.82, 2.24) is 14.7 Å². The smallest absolute Gasteiger partial charge is 0.310 e. The third kappa shape index (κ3) is 5.17. The zero-order valence-corrected chi connectivity index (χ0v) is 20.5. The van der Waals surface area contributed by atoms with E-state index in [4.69, 9.17) is 21.4 Å². The summed E-state index contributed by atoms with van der Waals surface area (Å²) in [5.41, 5.74) is 3.06. The van der Waals surface area contributed by atoms with Crippen LogP contribution in [0.2, 0.25) is 5.02 Å². The van der Waals surface area contributed by atoms with E-state index in [-0.39, 0.29) is 23.7 Å².